The van der Waals surface area contributed by atoms with E-state index in [1.165, 1.54) is 0 Å². The fraction of sp³-hybridized carbons (Fsp3) is 0.100. The maximum absolute atomic E-state index is 8.72. The average Bonchev–Trinajstić information content (AvgIpc) is 2.22. The number of nitriles is 1. The quantitative estimate of drug-likeness (QED) is 0.627. The van der Waals surface area contributed by atoms with Gasteiger partial charge in [-0.2, -0.15) is 5.26 Å². The Hall–Kier alpha value is -0.670. The van der Waals surface area contributed by atoms with Crippen LogP contribution in [0.25, 0.3) is 0 Å². The Morgan fingerprint density at radius 2 is 2.36 bits per heavy atom. The van der Waals surface area contributed by atoms with Gasteiger partial charge >= 0.3 is 0 Å². The molecular formula is C10H9IN2S. The Labute approximate surface area is 100 Å². The largest absolute Gasteiger partial charge is 0.283 e. The van der Waals surface area contributed by atoms with Gasteiger partial charge in [-0.05, 0) is 30.7 Å². The second-order valence-electron chi connectivity index (χ2n) is 2.69. The van der Waals surface area contributed by atoms with Crippen molar-refractivity contribution in [2.45, 2.75) is 6.92 Å². The Kier molecular flexibility index (Phi) is 4.29. The van der Waals surface area contributed by atoms with Crippen molar-refractivity contribution >= 4 is 36.0 Å². The predicted octanol–water partition coefficient (Wildman–Crippen LogP) is 3.81. The second kappa shape index (κ2) is 5.27. The van der Waals surface area contributed by atoms with E-state index < -0.39 is 0 Å². The summed E-state index contributed by atoms with van der Waals surface area (Å²) in [6, 6.07) is 7.73. The minimum absolute atomic E-state index is 0.689. The van der Waals surface area contributed by atoms with Crippen molar-refractivity contribution in [2.24, 2.45) is 0 Å². The van der Waals surface area contributed by atoms with E-state index in [0.29, 0.717) is 5.56 Å². The van der Waals surface area contributed by atoms with Gasteiger partial charge in [-0.3, -0.25) is 4.31 Å². The molecule has 2 nitrogen and oxygen atoms in total. The summed E-state index contributed by atoms with van der Waals surface area (Å²) >= 11 is 2.19. The number of hydrogen-bond donors (Lipinski definition) is 0. The molecule has 14 heavy (non-hydrogen) atoms. The summed E-state index contributed by atoms with van der Waals surface area (Å²) in [4.78, 5) is 0. The Bertz CT molecular complexity index is 384. The van der Waals surface area contributed by atoms with Crippen LogP contribution in [0, 0.1) is 18.3 Å². The fourth-order valence-electron chi connectivity index (χ4n) is 1.14. The maximum atomic E-state index is 8.72. The smallest absolute Gasteiger partial charge is 0.0991 e. The highest BCUT2D eigenvalue weighted by Gasteiger charge is 2.05. The molecule has 0 aliphatic rings. The first kappa shape index (κ1) is 11.4. The van der Waals surface area contributed by atoms with Crippen LogP contribution in [-0.2, 0) is 0 Å². The predicted molar refractivity (Wildman–Crippen MR) is 70.2 cm³/mol. The molecule has 0 spiro atoms. The van der Waals surface area contributed by atoms with Gasteiger partial charge in [0.2, 0.25) is 0 Å². The van der Waals surface area contributed by atoms with E-state index >= 15 is 0 Å². The number of rotatable bonds is 3. The van der Waals surface area contributed by atoms with Crippen molar-refractivity contribution in [1.29, 1.82) is 5.26 Å². The molecule has 0 atom stereocenters. The SMILES string of the molecule is C=CN(SI)c1ccc(C#N)cc1C. The summed E-state index contributed by atoms with van der Waals surface area (Å²) in [5.74, 6) is 0. The van der Waals surface area contributed by atoms with E-state index in [2.05, 4.69) is 33.9 Å². The van der Waals surface area contributed by atoms with E-state index in [1.54, 1.807) is 15.3 Å². The molecule has 1 aromatic rings. The van der Waals surface area contributed by atoms with Crippen LogP contribution in [0.15, 0.2) is 31.0 Å². The Balaban J connectivity index is 3.11. The van der Waals surface area contributed by atoms with Crippen LogP contribution in [0.2, 0.25) is 0 Å². The summed E-state index contributed by atoms with van der Waals surface area (Å²) < 4.78 is 1.96. The molecule has 4 heteroatoms. The topological polar surface area (TPSA) is 27.0 Å². The fourth-order valence-corrected chi connectivity index (χ4v) is 2.59. The third-order valence-corrected chi connectivity index (χ3v) is 3.57. The lowest BCUT2D eigenvalue weighted by Gasteiger charge is -2.17. The highest BCUT2D eigenvalue weighted by molar-refractivity contribution is 14.2. The molecule has 1 aromatic carbocycles. The van der Waals surface area contributed by atoms with Gasteiger partial charge in [-0.1, -0.05) is 6.58 Å². The molecule has 0 fully saturated rings. The first-order chi connectivity index (χ1) is 6.72. The van der Waals surface area contributed by atoms with E-state index in [9.17, 15) is 0 Å². The number of nitrogens with zero attached hydrogens (tertiary/aromatic N) is 2. The summed E-state index contributed by atoms with van der Waals surface area (Å²) in [5, 5.41) is 8.72. The van der Waals surface area contributed by atoms with Crippen molar-refractivity contribution in [3.8, 4) is 6.07 Å². The molecule has 0 unspecified atom stereocenters. The first-order valence-electron chi connectivity index (χ1n) is 3.94. The van der Waals surface area contributed by atoms with Gasteiger partial charge < -0.3 is 0 Å². The molecule has 0 amide bonds. The lowest BCUT2D eigenvalue weighted by Crippen LogP contribution is -2.03. The highest BCUT2D eigenvalue weighted by Crippen LogP contribution is 2.30. The van der Waals surface area contributed by atoms with Crippen molar-refractivity contribution in [3.63, 3.8) is 0 Å². The molecule has 0 aromatic heterocycles. The standard InChI is InChI=1S/C10H9IN2S/c1-3-13(14-11)10-5-4-9(7-12)6-8(10)2/h3-6H,1H2,2H3. The second-order valence-corrected chi connectivity index (χ2v) is 4.40. The van der Waals surface area contributed by atoms with Gasteiger partial charge in [-0.25, -0.2) is 0 Å². The van der Waals surface area contributed by atoms with Gasteiger partial charge in [-0.15, -0.1) is 0 Å². The van der Waals surface area contributed by atoms with Crippen molar-refractivity contribution in [2.75, 3.05) is 4.31 Å². The molecule has 0 radical (unpaired) electrons. The number of hydrogen-bond acceptors (Lipinski definition) is 3. The van der Waals surface area contributed by atoms with Crippen LogP contribution in [0.5, 0.6) is 0 Å². The number of halogens is 1. The number of anilines is 1. The van der Waals surface area contributed by atoms with Gasteiger partial charge in [0, 0.05) is 36.5 Å². The lowest BCUT2D eigenvalue weighted by molar-refractivity contribution is 1.36. The third kappa shape index (κ3) is 2.42. The molecular weight excluding hydrogens is 307 g/mol. The summed E-state index contributed by atoms with van der Waals surface area (Å²) in [6.07, 6.45) is 1.76. The van der Waals surface area contributed by atoms with Crippen LogP contribution in [-0.4, -0.2) is 0 Å². The minimum atomic E-state index is 0.689. The summed E-state index contributed by atoms with van der Waals surface area (Å²) in [6.45, 7) is 5.71. The van der Waals surface area contributed by atoms with E-state index in [4.69, 9.17) is 5.26 Å². The van der Waals surface area contributed by atoms with Gasteiger partial charge in [0.15, 0.2) is 0 Å². The number of benzene rings is 1. The van der Waals surface area contributed by atoms with E-state index in [1.807, 2.05) is 29.4 Å². The molecule has 0 bridgehead atoms. The van der Waals surface area contributed by atoms with Gasteiger partial charge in [0.25, 0.3) is 0 Å². The molecule has 1 rings (SSSR count). The normalized spacial score (nSPS) is 9.21. The maximum Gasteiger partial charge on any atom is 0.0991 e. The Morgan fingerprint density at radius 3 is 2.79 bits per heavy atom. The van der Waals surface area contributed by atoms with Crippen LogP contribution in [0.4, 0.5) is 5.69 Å². The summed E-state index contributed by atoms with van der Waals surface area (Å²) in [5.41, 5.74) is 2.83. The van der Waals surface area contributed by atoms with Gasteiger partial charge in [0.1, 0.15) is 0 Å². The third-order valence-electron chi connectivity index (χ3n) is 1.80. The molecule has 0 saturated heterocycles. The molecule has 0 N–H and O–H groups in total. The molecule has 72 valence electrons. The monoisotopic (exact) mass is 316 g/mol. The van der Waals surface area contributed by atoms with Crippen LogP contribution in [0.1, 0.15) is 11.1 Å². The molecule has 0 aliphatic heterocycles. The molecule has 0 saturated carbocycles. The van der Waals surface area contributed by atoms with Gasteiger partial charge in [0.05, 0.1) is 17.3 Å². The zero-order valence-corrected chi connectivity index (χ0v) is 10.7. The van der Waals surface area contributed by atoms with E-state index in [0.717, 1.165) is 11.3 Å². The summed E-state index contributed by atoms with van der Waals surface area (Å²) in [7, 11) is 1.55. The molecule has 0 aliphatic carbocycles. The highest BCUT2D eigenvalue weighted by atomic mass is 127. The van der Waals surface area contributed by atoms with Crippen molar-refractivity contribution < 1.29 is 0 Å². The van der Waals surface area contributed by atoms with Crippen LogP contribution in [0.3, 0.4) is 0 Å². The number of aryl methyl sites for hydroxylation is 1. The zero-order chi connectivity index (χ0) is 10.6. The minimum Gasteiger partial charge on any atom is -0.283 e. The lowest BCUT2D eigenvalue weighted by atomic mass is 10.1. The van der Waals surface area contributed by atoms with E-state index in [-0.39, 0.29) is 0 Å². The molecule has 0 heterocycles. The zero-order valence-electron chi connectivity index (χ0n) is 7.70. The van der Waals surface area contributed by atoms with Crippen LogP contribution < -0.4 is 4.31 Å². The van der Waals surface area contributed by atoms with Crippen molar-refractivity contribution in [3.05, 3.63) is 42.1 Å². The Morgan fingerprint density at radius 1 is 1.64 bits per heavy atom. The first-order valence-corrected chi connectivity index (χ1v) is 7.25. The van der Waals surface area contributed by atoms with Crippen LogP contribution >= 0.6 is 30.3 Å². The average molecular weight is 316 g/mol. The van der Waals surface area contributed by atoms with Crippen molar-refractivity contribution in [1.82, 2.24) is 0 Å².